The van der Waals surface area contributed by atoms with Crippen molar-refractivity contribution in [2.45, 2.75) is 46.0 Å². The molecule has 0 saturated heterocycles. The van der Waals surface area contributed by atoms with Crippen LogP contribution in [-0.4, -0.2) is 0 Å². The lowest BCUT2D eigenvalue weighted by Crippen LogP contribution is -2.15. The van der Waals surface area contributed by atoms with E-state index < -0.39 is 0 Å². The van der Waals surface area contributed by atoms with Crippen LogP contribution in [0.25, 0.3) is 0 Å². The molecule has 2 rings (SSSR count). The minimum atomic E-state index is 0.490. The van der Waals surface area contributed by atoms with Crippen LogP contribution in [0.4, 0.5) is 0 Å². The van der Waals surface area contributed by atoms with Crippen LogP contribution in [0, 0.1) is 10.8 Å². The van der Waals surface area contributed by atoms with Crippen LogP contribution in [0.15, 0.2) is 12.2 Å². The third kappa shape index (κ3) is 1.23. The van der Waals surface area contributed by atoms with Crippen LogP contribution in [0.1, 0.15) is 46.0 Å². The van der Waals surface area contributed by atoms with Gasteiger partial charge in [-0.2, -0.15) is 0 Å². The summed E-state index contributed by atoms with van der Waals surface area (Å²) >= 11 is 0. The largest absolute Gasteiger partial charge is 0.0823 e. The van der Waals surface area contributed by atoms with Crippen molar-refractivity contribution in [3.8, 4) is 0 Å². The molecule has 0 radical (unpaired) electrons. The highest BCUT2D eigenvalue weighted by molar-refractivity contribution is 5.15. The SMILES string of the molecule is CC1(C)C=CC2(CCCC2)C1. The smallest absolute Gasteiger partial charge is 0.0110 e. The summed E-state index contributed by atoms with van der Waals surface area (Å²) in [7, 11) is 0. The number of hydrogen-bond acceptors (Lipinski definition) is 0. The van der Waals surface area contributed by atoms with Crippen molar-refractivity contribution < 1.29 is 0 Å². The van der Waals surface area contributed by atoms with Crippen molar-refractivity contribution in [1.82, 2.24) is 0 Å². The second-order valence-corrected chi connectivity index (χ2v) is 5.07. The maximum atomic E-state index is 2.50. The molecule has 0 aromatic carbocycles. The summed E-state index contributed by atoms with van der Waals surface area (Å²) < 4.78 is 0. The molecule has 0 aromatic heterocycles. The Labute approximate surface area is 69.7 Å². The lowest BCUT2D eigenvalue weighted by atomic mass is 9.79. The Morgan fingerprint density at radius 1 is 1.00 bits per heavy atom. The van der Waals surface area contributed by atoms with E-state index in [0.717, 1.165) is 0 Å². The van der Waals surface area contributed by atoms with Gasteiger partial charge in [-0.15, -0.1) is 0 Å². The molecule has 11 heavy (non-hydrogen) atoms. The minimum Gasteiger partial charge on any atom is -0.0823 e. The van der Waals surface area contributed by atoms with Crippen molar-refractivity contribution >= 4 is 0 Å². The van der Waals surface area contributed by atoms with Crippen LogP contribution in [0.2, 0.25) is 0 Å². The molecule has 0 bridgehead atoms. The minimum absolute atomic E-state index is 0.490. The van der Waals surface area contributed by atoms with Gasteiger partial charge in [0.1, 0.15) is 0 Å². The van der Waals surface area contributed by atoms with Gasteiger partial charge in [-0.25, -0.2) is 0 Å². The van der Waals surface area contributed by atoms with Crippen molar-refractivity contribution in [2.24, 2.45) is 10.8 Å². The highest BCUT2D eigenvalue weighted by Gasteiger charge is 2.39. The van der Waals surface area contributed by atoms with E-state index >= 15 is 0 Å². The van der Waals surface area contributed by atoms with E-state index in [2.05, 4.69) is 26.0 Å². The van der Waals surface area contributed by atoms with E-state index in [4.69, 9.17) is 0 Å². The summed E-state index contributed by atoms with van der Waals surface area (Å²) in [5.41, 5.74) is 1.13. The molecule has 2 aliphatic rings. The molecule has 2 aliphatic carbocycles. The van der Waals surface area contributed by atoms with Gasteiger partial charge in [-0.05, 0) is 30.1 Å². The first-order valence-corrected chi connectivity index (χ1v) is 4.82. The average molecular weight is 150 g/mol. The molecule has 0 heteroatoms. The highest BCUT2D eigenvalue weighted by atomic mass is 14.4. The molecule has 1 saturated carbocycles. The first-order valence-electron chi connectivity index (χ1n) is 4.82. The first kappa shape index (κ1) is 7.39. The molecule has 0 aromatic rings. The molecular formula is C11H18. The molecule has 0 atom stereocenters. The van der Waals surface area contributed by atoms with Gasteiger partial charge in [0.25, 0.3) is 0 Å². The zero-order valence-electron chi connectivity index (χ0n) is 7.69. The van der Waals surface area contributed by atoms with Gasteiger partial charge >= 0.3 is 0 Å². The van der Waals surface area contributed by atoms with Crippen molar-refractivity contribution in [3.05, 3.63) is 12.2 Å². The third-order valence-corrected chi connectivity index (χ3v) is 3.30. The van der Waals surface area contributed by atoms with Gasteiger partial charge < -0.3 is 0 Å². The van der Waals surface area contributed by atoms with Gasteiger partial charge in [0.2, 0.25) is 0 Å². The standard InChI is InChI=1S/C11H18/c1-10(2)7-8-11(9-10)5-3-4-6-11/h7-8H,3-6,9H2,1-2H3. The summed E-state index contributed by atoms with van der Waals surface area (Å²) in [5, 5.41) is 0. The van der Waals surface area contributed by atoms with E-state index in [1.54, 1.807) is 0 Å². The molecule has 0 N–H and O–H groups in total. The molecule has 0 unspecified atom stereocenters. The van der Waals surface area contributed by atoms with Gasteiger partial charge in [-0.3, -0.25) is 0 Å². The molecule has 0 nitrogen and oxygen atoms in total. The fraction of sp³-hybridized carbons (Fsp3) is 0.818. The van der Waals surface area contributed by atoms with E-state index in [0.29, 0.717) is 10.8 Å². The lowest BCUT2D eigenvalue weighted by Gasteiger charge is -2.25. The van der Waals surface area contributed by atoms with Crippen LogP contribution in [0.5, 0.6) is 0 Å². The zero-order valence-corrected chi connectivity index (χ0v) is 7.69. The Kier molecular flexibility index (Phi) is 1.42. The normalized spacial score (nSPS) is 31.8. The van der Waals surface area contributed by atoms with Crippen molar-refractivity contribution in [1.29, 1.82) is 0 Å². The van der Waals surface area contributed by atoms with Crippen molar-refractivity contribution in [2.75, 3.05) is 0 Å². The molecule has 0 amide bonds. The molecule has 62 valence electrons. The predicted octanol–water partition coefficient (Wildman–Crippen LogP) is 3.53. The van der Waals surface area contributed by atoms with Crippen LogP contribution < -0.4 is 0 Å². The number of rotatable bonds is 0. The Bertz CT molecular complexity index is 180. The fourth-order valence-corrected chi connectivity index (χ4v) is 2.85. The van der Waals surface area contributed by atoms with Gasteiger partial charge in [0.15, 0.2) is 0 Å². The zero-order chi connectivity index (χ0) is 7.95. The Morgan fingerprint density at radius 3 is 2.09 bits per heavy atom. The van der Waals surface area contributed by atoms with Gasteiger partial charge in [0, 0.05) is 0 Å². The van der Waals surface area contributed by atoms with E-state index in [-0.39, 0.29) is 0 Å². The van der Waals surface area contributed by atoms with Gasteiger partial charge in [-0.1, -0.05) is 38.8 Å². The lowest BCUT2D eigenvalue weighted by molar-refractivity contribution is 0.291. The fourth-order valence-electron chi connectivity index (χ4n) is 2.85. The number of allylic oxidation sites excluding steroid dienone is 2. The summed E-state index contributed by atoms with van der Waals surface area (Å²) in [6.45, 7) is 4.72. The average Bonchev–Trinajstić information content (AvgIpc) is 2.43. The highest BCUT2D eigenvalue weighted by Crippen LogP contribution is 2.52. The first-order chi connectivity index (χ1) is 5.12. The Morgan fingerprint density at radius 2 is 1.64 bits per heavy atom. The van der Waals surface area contributed by atoms with E-state index in [9.17, 15) is 0 Å². The summed E-state index contributed by atoms with van der Waals surface area (Å²) in [4.78, 5) is 0. The maximum absolute atomic E-state index is 2.50. The third-order valence-electron chi connectivity index (χ3n) is 3.30. The van der Waals surface area contributed by atoms with Crippen LogP contribution in [0.3, 0.4) is 0 Å². The maximum Gasteiger partial charge on any atom is -0.0110 e. The molecular weight excluding hydrogens is 132 g/mol. The number of hydrogen-bond donors (Lipinski definition) is 0. The monoisotopic (exact) mass is 150 g/mol. The quantitative estimate of drug-likeness (QED) is 0.463. The van der Waals surface area contributed by atoms with Gasteiger partial charge in [0.05, 0.1) is 0 Å². The van der Waals surface area contributed by atoms with E-state index in [1.165, 1.54) is 32.1 Å². The second-order valence-electron chi connectivity index (χ2n) is 5.07. The second kappa shape index (κ2) is 2.12. The summed E-state index contributed by atoms with van der Waals surface area (Å²) in [5.74, 6) is 0. The van der Waals surface area contributed by atoms with E-state index in [1.807, 2.05) is 0 Å². The van der Waals surface area contributed by atoms with Crippen LogP contribution in [-0.2, 0) is 0 Å². The summed E-state index contributed by atoms with van der Waals surface area (Å²) in [6.07, 6.45) is 12.2. The van der Waals surface area contributed by atoms with Crippen molar-refractivity contribution in [3.63, 3.8) is 0 Å². The Hall–Kier alpha value is -0.260. The Balaban J connectivity index is 2.15. The molecule has 0 aliphatic heterocycles. The van der Waals surface area contributed by atoms with Crippen LogP contribution >= 0.6 is 0 Å². The predicted molar refractivity (Wildman–Crippen MR) is 48.4 cm³/mol. The molecule has 1 spiro atoms. The summed E-state index contributed by atoms with van der Waals surface area (Å²) in [6, 6.07) is 0. The molecule has 1 fully saturated rings. The molecule has 0 heterocycles. The topological polar surface area (TPSA) is 0 Å².